The van der Waals surface area contributed by atoms with E-state index in [1.165, 1.54) is 12.1 Å². The Labute approximate surface area is 88.1 Å². The molecule has 0 saturated carbocycles. The first-order valence-electron chi connectivity index (χ1n) is 4.98. The lowest BCUT2D eigenvalue weighted by atomic mass is 10.1. The number of aliphatic hydroxyl groups is 1. The molecule has 1 aromatic carbocycles. The number of rotatable bonds is 2. The van der Waals surface area contributed by atoms with Crippen molar-refractivity contribution >= 4 is 5.69 Å². The molecule has 15 heavy (non-hydrogen) atoms. The first-order valence-corrected chi connectivity index (χ1v) is 4.98. The number of nitrogens with zero attached hydrogens (tertiary/aromatic N) is 1. The number of fused-ring (bicyclic) bond motifs is 1. The third-order valence-corrected chi connectivity index (χ3v) is 2.74. The summed E-state index contributed by atoms with van der Waals surface area (Å²) in [6, 6.07) is 4.60. The summed E-state index contributed by atoms with van der Waals surface area (Å²) in [5.74, 6) is 0.432. The van der Waals surface area contributed by atoms with E-state index < -0.39 is 0 Å². The fourth-order valence-corrected chi connectivity index (χ4v) is 1.81. The molecular weight excluding hydrogens is 197 g/mol. The number of aliphatic hydroxyl groups excluding tert-OH is 1. The molecule has 1 heterocycles. The molecule has 2 rings (SSSR count). The van der Waals surface area contributed by atoms with Crippen LogP contribution in [0.1, 0.15) is 6.42 Å². The molecule has 1 aliphatic heterocycles. The minimum atomic E-state index is -0.270. The highest BCUT2D eigenvalue weighted by molar-refractivity contribution is 5.60. The van der Waals surface area contributed by atoms with Gasteiger partial charge in [-0.15, -0.1) is 0 Å². The van der Waals surface area contributed by atoms with Crippen LogP contribution >= 0.6 is 0 Å². The van der Waals surface area contributed by atoms with Gasteiger partial charge in [0.25, 0.3) is 0 Å². The predicted octanol–water partition coefficient (Wildman–Crippen LogP) is 1.41. The Morgan fingerprint density at radius 3 is 3.13 bits per heavy atom. The van der Waals surface area contributed by atoms with Crippen molar-refractivity contribution in [2.24, 2.45) is 0 Å². The van der Waals surface area contributed by atoms with Crippen LogP contribution < -0.4 is 9.64 Å². The van der Waals surface area contributed by atoms with Gasteiger partial charge in [-0.3, -0.25) is 0 Å². The minimum absolute atomic E-state index is 0.114. The van der Waals surface area contributed by atoms with Crippen molar-refractivity contribution in [3.8, 4) is 5.75 Å². The molecule has 3 nitrogen and oxygen atoms in total. The number of hydrogen-bond acceptors (Lipinski definition) is 3. The number of ether oxygens (including phenoxy) is 1. The van der Waals surface area contributed by atoms with Gasteiger partial charge in [-0.1, -0.05) is 0 Å². The average Bonchev–Trinajstić information content (AvgIpc) is 2.23. The van der Waals surface area contributed by atoms with E-state index in [2.05, 4.69) is 0 Å². The maximum Gasteiger partial charge on any atom is 0.142 e. The molecule has 0 spiro atoms. The standard InChI is InChI=1S/C11H14FNO2/c1-13-9(4-5-14)7-15-11-3-2-8(12)6-10(11)13/h2-3,6,9,14H,4-5,7H2,1H3. The third-order valence-electron chi connectivity index (χ3n) is 2.74. The molecule has 1 aliphatic rings. The molecule has 1 N–H and O–H groups in total. The summed E-state index contributed by atoms with van der Waals surface area (Å²) in [6.45, 7) is 0.651. The van der Waals surface area contributed by atoms with Gasteiger partial charge in [0.05, 0.1) is 11.7 Å². The van der Waals surface area contributed by atoms with E-state index in [0.29, 0.717) is 18.8 Å². The van der Waals surface area contributed by atoms with Crippen molar-refractivity contribution in [2.45, 2.75) is 12.5 Å². The third kappa shape index (κ3) is 1.90. The Balaban J connectivity index is 2.28. The molecule has 0 aromatic heterocycles. The smallest absolute Gasteiger partial charge is 0.142 e. The molecule has 1 aromatic rings. The Hall–Kier alpha value is -1.29. The molecular formula is C11H14FNO2. The van der Waals surface area contributed by atoms with Gasteiger partial charge in [-0.2, -0.15) is 0 Å². The second-order valence-corrected chi connectivity index (χ2v) is 3.70. The van der Waals surface area contributed by atoms with Crippen LogP contribution in [-0.2, 0) is 0 Å². The van der Waals surface area contributed by atoms with Crippen molar-refractivity contribution in [1.82, 2.24) is 0 Å². The van der Waals surface area contributed by atoms with E-state index in [1.54, 1.807) is 6.07 Å². The number of halogens is 1. The summed E-state index contributed by atoms with van der Waals surface area (Å²) in [4.78, 5) is 1.96. The van der Waals surface area contributed by atoms with Crippen LogP contribution in [0.5, 0.6) is 5.75 Å². The fraction of sp³-hybridized carbons (Fsp3) is 0.455. The summed E-state index contributed by atoms with van der Waals surface area (Å²) >= 11 is 0. The highest BCUT2D eigenvalue weighted by Crippen LogP contribution is 2.33. The van der Waals surface area contributed by atoms with Crippen LogP contribution in [0.4, 0.5) is 10.1 Å². The fourth-order valence-electron chi connectivity index (χ4n) is 1.81. The zero-order valence-corrected chi connectivity index (χ0v) is 8.61. The van der Waals surface area contributed by atoms with Crippen molar-refractivity contribution in [3.05, 3.63) is 24.0 Å². The Bertz CT molecular complexity index is 356. The maximum absolute atomic E-state index is 13.0. The van der Waals surface area contributed by atoms with Gasteiger partial charge in [0.15, 0.2) is 0 Å². The first-order chi connectivity index (χ1) is 7.22. The molecule has 1 atom stereocenters. The monoisotopic (exact) mass is 211 g/mol. The predicted molar refractivity (Wildman–Crippen MR) is 55.8 cm³/mol. The van der Waals surface area contributed by atoms with Crippen LogP contribution in [0.25, 0.3) is 0 Å². The van der Waals surface area contributed by atoms with Crippen molar-refractivity contribution in [2.75, 3.05) is 25.2 Å². The molecule has 0 fully saturated rings. The molecule has 1 unspecified atom stereocenters. The number of anilines is 1. The van der Waals surface area contributed by atoms with Crippen LogP contribution in [0, 0.1) is 5.82 Å². The summed E-state index contributed by atoms with van der Waals surface area (Å²) in [5, 5.41) is 8.88. The zero-order chi connectivity index (χ0) is 10.8. The molecule has 0 saturated heterocycles. The van der Waals surface area contributed by atoms with Gasteiger partial charge in [0.2, 0.25) is 0 Å². The van der Waals surface area contributed by atoms with E-state index in [1.807, 2.05) is 11.9 Å². The van der Waals surface area contributed by atoms with E-state index in [-0.39, 0.29) is 18.5 Å². The maximum atomic E-state index is 13.0. The first kappa shape index (κ1) is 10.2. The number of likely N-dealkylation sites (N-methyl/N-ethyl adjacent to an activating group) is 1. The van der Waals surface area contributed by atoms with Gasteiger partial charge in [-0.05, 0) is 18.6 Å². The van der Waals surface area contributed by atoms with Gasteiger partial charge in [-0.25, -0.2) is 4.39 Å². The van der Waals surface area contributed by atoms with Gasteiger partial charge < -0.3 is 14.7 Å². The number of hydrogen-bond donors (Lipinski definition) is 1. The zero-order valence-electron chi connectivity index (χ0n) is 8.61. The topological polar surface area (TPSA) is 32.7 Å². The normalized spacial score (nSPS) is 19.7. The van der Waals surface area contributed by atoms with Crippen molar-refractivity contribution in [3.63, 3.8) is 0 Å². The highest BCUT2D eigenvalue weighted by Gasteiger charge is 2.24. The van der Waals surface area contributed by atoms with Crippen LogP contribution in [0.2, 0.25) is 0 Å². The molecule has 82 valence electrons. The van der Waals surface area contributed by atoms with Gasteiger partial charge in [0, 0.05) is 19.7 Å². The lowest BCUT2D eigenvalue weighted by Crippen LogP contribution is -2.41. The van der Waals surface area contributed by atoms with Crippen LogP contribution in [0.3, 0.4) is 0 Å². The largest absolute Gasteiger partial charge is 0.489 e. The summed E-state index contributed by atoms with van der Waals surface area (Å²) in [6.07, 6.45) is 0.631. The molecule has 0 amide bonds. The summed E-state index contributed by atoms with van der Waals surface area (Å²) < 4.78 is 18.5. The molecule has 0 bridgehead atoms. The Morgan fingerprint density at radius 2 is 2.40 bits per heavy atom. The number of benzene rings is 1. The Kier molecular flexibility index (Phi) is 2.77. The SMILES string of the molecule is CN1c2cc(F)ccc2OCC1CCO. The van der Waals surface area contributed by atoms with Crippen LogP contribution in [-0.4, -0.2) is 31.4 Å². The van der Waals surface area contributed by atoms with Crippen molar-refractivity contribution < 1.29 is 14.2 Å². The second kappa shape index (κ2) is 4.06. The summed E-state index contributed by atoms with van der Waals surface area (Å²) in [7, 11) is 1.89. The van der Waals surface area contributed by atoms with Gasteiger partial charge in [0.1, 0.15) is 18.2 Å². The van der Waals surface area contributed by atoms with Gasteiger partial charge >= 0.3 is 0 Å². The minimum Gasteiger partial charge on any atom is -0.489 e. The van der Waals surface area contributed by atoms with E-state index in [9.17, 15) is 4.39 Å². The molecule has 0 aliphatic carbocycles. The lowest BCUT2D eigenvalue weighted by Gasteiger charge is -2.35. The Morgan fingerprint density at radius 1 is 1.60 bits per heavy atom. The average molecular weight is 211 g/mol. The van der Waals surface area contributed by atoms with Crippen LogP contribution in [0.15, 0.2) is 18.2 Å². The molecule has 0 radical (unpaired) electrons. The quantitative estimate of drug-likeness (QED) is 0.802. The molecule has 4 heteroatoms. The van der Waals surface area contributed by atoms with E-state index in [0.717, 1.165) is 5.69 Å². The highest BCUT2D eigenvalue weighted by atomic mass is 19.1. The summed E-state index contributed by atoms with van der Waals surface area (Å²) in [5.41, 5.74) is 0.750. The second-order valence-electron chi connectivity index (χ2n) is 3.70. The lowest BCUT2D eigenvalue weighted by molar-refractivity contribution is 0.219. The van der Waals surface area contributed by atoms with E-state index in [4.69, 9.17) is 9.84 Å². The van der Waals surface area contributed by atoms with E-state index >= 15 is 0 Å². The van der Waals surface area contributed by atoms with Crippen molar-refractivity contribution in [1.29, 1.82) is 0 Å².